The lowest BCUT2D eigenvalue weighted by atomic mass is 10.0. The zero-order chi connectivity index (χ0) is 17.6. The molecule has 2 aromatic rings. The van der Waals surface area contributed by atoms with Gasteiger partial charge in [0.05, 0.1) is 19.3 Å². The molecule has 1 amide bonds. The van der Waals surface area contributed by atoms with Crippen molar-refractivity contribution >= 4 is 23.2 Å². The summed E-state index contributed by atoms with van der Waals surface area (Å²) in [5.41, 5.74) is 7.41. The van der Waals surface area contributed by atoms with Gasteiger partial charge >= 0.3 is 0 Å². The molecule has 1 unspecified atom stereocenters. The molecule has 0 saturated carbocycles. The maximum absolute atomic E-state index is 11.3. The number of carbonyl (C=O) groups excluding carboxylic acids is 1. The molecular weight excluding hydrogens is 340 g/mol. The molecule has 0 aliphatic carbocycles. The molecule has 1 aliphatic rings. The number of morpholine rings is 1. The number of amides is 1. The second-order valence-corrected chi connectivity index (χ2v) is 6.27. The summed E-state index contributed by atoms with van der Waals surface area (Å²) in [6.45, 7) is 3.76. The van der Waals surface area contributed by atoms with Crippen LogP contribution in [0.1, 0.15) is 22.1 Å². The molecule has 7 heteroatoms. The molecule has 1 aromatic carbocycles. The van der Waals surface area contributed by atoms with Crippen LogP contribution in [-0.4, -0.2) is 48.6 Å². The Morgan fingerprint density at radius 3 is 2.80 bits per heavy atom. The van der Waals surface area contributed by atoms with Gasteiger partial charge in [0.2, 0.25) is 0 Å². The third kappa shape index (κ3) is 4.48. The molecule has 1 aliphatic heterocycles. The van der Waals surface area contributed by atoms with Gasteiger partial charge in [0.25, 0.3) is 5.91 Å². The van der Waals surface area contributed by atoms with Gasteiger partial charge in [0.15, 0.2) is 0 Å². The number of benzene rings is 1. The Balaban J connectivity index is 1.79. The van der Waals surface area contributed by atoms with E-state index >= 15 is 0 Å². The molecule has 1 atom stereocenters. The second-order valence-electron chi connectivity index (χ2n) is 5.86. The number of ether oxygens (including phenoxy) is 1. The minimum atomic E-state index is -0.542. The highest BCUT2D eigenvalue weighted by molar-refractivity contribution is 6.31. The van der Waals surface area contributed by atoms with Crippen molar-refractivity contribution in [3.8, 4) is 0 Å². The van der Waals surface area contributed by atoms with Crippen LogP contribution in [0.2, 0.25) is 5.02 Å². The maximum atomic E-state index is 11.3. The lowest BCUT2D eigenvalue weighted by molar-refractivity contribution is 0.0187. The van der Waals surface area contributed by atoms with Gasteiger partial charge in [-0.2, -0.15) is 0 Å². The van der Waals surface area contributed by atoms with Gasteiger partial charge in [-0.05, 0) is 23.8 Å². The van der Waals surface area contributed by atoms with Gasteiger partial charge in [0, 0.05) is 36.5 Å². The van der Waals surface area contributed by atoms with Crippen molar-refractivity contribution in [3.05, 3.63) is 58.9 Å². The molecule has 2 heterocycles. The molecule has 132 valence electrons. The van der Waals surface area contributed by atoms with Crippen molar-refractivity contribution in [2.45, 2.75) is 6.04 Å². The second kappa shape index (κ2) is 8.29. The number of primary amides is 1. The first-order chi connectivity index (χ1) is 12.1. The first kappa shape index (κ1) is 17.7. The molecule has 1 fully saturated rings. The standard InChI is InChI=1S/C18H21ClN4O2/c19-15-4-2-1-3-14(15)17(23-7-9-25-10-8-23)12-22-13-5-6-21-16(11-13)18(20)24/h1-6,11,17H,7-10,12H2,(H2,20,24)(H,21,22). The Labute approximate surface area is 151 Å². The number of nitrogens with two attached hydrogens (primary N) is 1. The number of carbonyl (C=O) groups is 1. The highest BCUT2D eigenvalue weighted by atomic mass is 35.5. The fraction of sp³-hybridized carbons (Fsp3) is 0.333. The molecule has 0 bridgehead atoms. The average molecular weight is 361 g/mol. The van der Waals surface area contributed by atoms with Crippen LogP contribution in [0.15, 0.2) is 42.6 Å². The van der Waals surface area contributed by atoms with Crippen LogP contribution in [0.5, 0.6) is 0 Å². The molecular formula is C18H21ClN4O2. The minimum Gasteiger partial charge on any atom is -0.383 e. The number of pyridine rings is 1. The minimum absolute atomic E-state index is 0.0998. The lowest BCUT2D eigenvalue weighted by Gasteiger charge is -2.35. The highest BCUT2D eigenvalue weighted by Gasteiger charge is 2.24. The van der Waals surface area contributed by atoms with Crippen molar-refractivity contribution in [2.75, 3.05) is 38.2 Å². The molecule has 3 rings (SSSR count). The Kier molecular flexibility index (Phi) is 5.86. The number of rotatable bonds is 6. The van der Waals surface area contributed by atoms with Crippen molar-refractivity contribution in [2.24, 2.45) is 5.73 Å². The fourth-order valence-electron chi connectivity index (χ4n) is 2.96. The number of anilines is 1. The van der Waals surface area contributed by atoms with Crippen LogP contribution in [0.4, 0.5) is 5.69 Å². The van der Waals surface area contributed by atoms with Crippen LogP contribution in [-0.2, 0) is 4.74 Å². The Morgan fingerprint density at radius 2 is 2.08 bits per heavy atom. The summed E-state index contributed by atoms with van der Waals surface area (Å²) in [5.74, 6) is -0.542. The molecule has 25 heavy (non-hydrogen) atoms. The maximum Gasteiger partial charge on any atom is 0.267 e. The predicted molar refractivity (Wildman–Crippen MR) is 97.8 cm³/mol. The molecule has 1 saturated heterocycles. The van der Waals surface area contributed by atoms with Gasteiger partial charge in [-0.25, -0.2) is 0 Å². The normalized spacial score (nSPS) is 16.4. The van der Waals surface area contributed by atoms with E-state index in [9.17, 15) is 4.79 Å². The zero-order valence-electron chi connectivity index (χ0n) is 13.8. The van der Waals surface area contributed by atoms with E-state index in [4.69, 9.17) is 22.1 Å². The smallest absolute Gasteiger partial charge is 0.267 e. The number of aromatic nitrogens is 1. The van der Waals surface area contributed by atoms with Crippen molar-refractivity contribution in [1.29, 1.82) is 0 Å². The van der Waals surface area contributed by atoms with Gasteiger partial charge in [-0.3, -0.25) is 14.7 Å². The summed E-state index contributed by atoms with van der Waals surface area (Å²) in [7, 11) is 0. The topological polar surface area (TPSA) is 80.5 Å². The van der Waals surface area contributed by atoms with Crippen molar-refractivity contribution < 1.29 is 9.53 Å². The fourth-order valence-corrected chi connectivity index (χ4v) is 3.22. The zero-order valence-corrected chi connectivity index (χ0v) is 14.6. The Morgan fingerprint density at radius 1 is 1.32 bits per heavy atom. The SMILES string of the molecule is NC(=O)c1cc(NCC(c2ccccc2Cl)N2CCOCC2)ccn1. The van der Waals surface area contributed by atoms with E-state index in [0.29, 0.717) is 19.8 Å². The summed E-state index contributed by atoms with van der Waals surface area (Å²) >= 11 is 6.43. The number of nitrogens with one attached hydrogen (secondary N) is 1. The summed E-state index contributed by atoms with van der Waals surface area (Å²) in [6, 6.07) is 11.4. The molecule has 1 aromatic heterocycles. The molecule has 0 spiro atoms. The Hall–Kier alpha value is -2.15. The van der Waals surface area contributed by atoms with Crippen LogP contribution < -0.4 is 11.1 Å². The lowest BCUT2D eigenvalue weighted by Crippen LogP contribution is -2.41. The number of hydrogen-bond acceptors (Lipinski definition) is 5. The Bertz CT molecular complexity index is 735. The van der Waals surface area contributed by atoms with Crippen LogP contribution in [0, 0.1) is 0 Å². The van der Waals surface area contributed by atoms with Gasteiger partial charge < -0.3 is 15.8 Å². The van der Waals surface area contributed by atoms with Crippen LogP contribution in [0.25, 0.3) is 0 Å². The predicted octanol–water partition coefficient (Wildman–Crippen LogP) is 2.32. The molecule has 6 nitrogen and oxygen atoms in total. The number of hydrogen-bond donors (Lipinski definition) is 2. The van der Waals surface area contributed by atoms with Crippen LogP contribution in [0.3, 0.4) is 0 Å². The number of halogens is 1. The van der Waals surface area contributed by atoms with Crippen molar-refractivity contribution in [1.82, 2.24) is 9.88 Å². The van der Waals surface area contributed by atoms with Crippen molar-refractivity contribution in [3.63, 3.8) is 0 Å². The largest absolute Gasteiger partial charge is 0.383 e. The third-order valence-corrected chi connectivity index (χ3v) is 4.61. The van der Waals surface area contributed by atoms with E-state index in [2.05, 4.69) is 15.2 Å². The molecule has 3 N–H and O–H groups in total. The van der Waals surface area contributed by atoms with E-state index in [1.54, 1.807) is 12.3 Å². The van der Waals surface area contributed by atoms with E-state index in [-0.39, 0.29) is 11.7 Å². The van der Waals surface area contributed by atoms with Gasteiger partial charge in [-0.15, -0.1) is 0 Å². The summed E-state index contributed by atoms with van der Waals surface area (Å²) < 4.78 is 5.47. The highest BCUT2D eigenvalue weighted by Crippen LogP contribution is 2.28. The summed E-state index contributed by atoms with van der Waals surface area (Å²) in [4.78, 5) is 17.6. The molecule has 0 radical (unpaired) electrons. The van der Waals surface area contributed by atoms with Crippen LogP contribution >= 0.6 is 11.6 Å². The van der Waals surface area contributed by atoms with E-state index < -0.39 is 5.91 Å². The quantitative estimate of drug-likeness (QED) is 0.826. The summed E-state index contributed by atoms with van der Waals surface area (Å²) in [6.07, 6.45) is 1.57. The summed E-state index contributed by atoms with van der Waals surface area (Å²) in [5, 5.41) is 4.12. The van der Waals surface area contributed by atoms with E-state index in [1.807, 2.05) is 30.3 Å². The van der Waals surface area contributed by atoms with E-state index in [0.717, 1.165) is 29.4 Å². The van der Waals surface area contributed by atoms with E-state index in [1.165, 1.54) is 0 Å². The average Bonchev–Trinajstić information content (AvgIpc) is 2.64. The first-order valence-electron chi connectivity index (χ1n) is 8.21. The monoisotopic (exact) mass is 360 g/mol. The third-order valence-electron chi connectivity index (χ3n) is 4.26. The number of nitrogens with zero attached hydrogens (tertiary/aromatic N) is 2. The van der Waals surface area contributed by atoms with Gasteiger partial charge in [0.1, 0.15) is 5.69 Å². The van der Waals surface area contributed by atoms with Gasteiger partial charge in [-0.1, -0.05) is 29.8 Å². The first-order valence-corrected chi connectivity index (χ1v) is 8.59.